The van der Waals surface area contributed by atoms with Crippen molar-refractivity contribution in [2.45, 2.75) is 52.9 Å². The number of aliphatic hydroxyl groups excluding tert-OH is 1. The van der Waals surface area contributed by atoms with Crippen molar-refractivity contribution in [2.75, 3.05) is 6.61 Å². The zero-order valence-corrected chi connectivity index (χ0v) is 12.4. The van der Waals surface area contributed by atoms with Crippen molar-refractivity contribution < 1.29 is 19.7 Å². The summed E-state index contributed by atoms with van der Waals surface area (Å²) in [6.45, 7) is 8.10. The number of rotatable bonds is 8. The smallest absolute Gasteiger partial charge is 0.358 e. The van der Waals surface area contributed by atoms with E-state index in [1.165, 1.54) is 4.68 Å². The lowest BCUT2D eigenvalue weighted by atomic mass is 10.1. The monoisotopic (exact) mass is 285 g/mol. The molecule has 114 valence electrons. The minimum atomic E-state index is -1.10. The van der Waals surface area contributed by atoms with Crippen molar-refractivity contribution >= 4 is 5.97 Å². The first-order chi connectivity index (χ1) is 9.31. The molecule has 2 N–H and O–H groups in total. The number of carboxylic acid groups (broad SMARTS) is 1. The van der Waals surface area contributed by atoms with Crippen LogP contribution in [-0.2, 0) is 17.7 Å². The van der Waals surface area contributed by atoms with Crippen LogP contribution in [0.1, 0.15) is 43.9 Å². The normalized spacial score (nSPS) is 13.2. The number of aliphatic hydroxyl groups is 1. The van der Waals surface area contributed by atoms with Gasteiger partial charge in [-0.3, -0.25) is 0 Å². The van der Waals surface area contributed by atoms with E-state index in [9.17, 15) is 9.90 Å². The Kier molecular flexibility index (Phi) is 6.09. The predicted molar refractivity (Wildman–Crippen MR) is 72.6 cm³/mol. The minimum absolute atomic E-state index is 0.0325. The van der Waals surface area contributed by atoms with Gasteiger partial charge in [-0.05, 0) is 26.2 Å². The standard InChI is InChI=1S/C13H23N3O4/c1-8(2)5-11-12(13(18)19)14-15-16(11)6-10(17)7-20-9(3)4/h8-10,17H,5-7H2,1-4H3,(H,18,19). The summed E-state index contributed by atoms with van der Waals surface area (Å²) in [6.07, 6.45) is -0.163. The van der Waals surface area contributed by atoms with E-state index in [1.54, 1.807) is 0 Å². The Morgan fingerprint density at radius 1 is 1.35 bits per heavy atom. The Morgan fingerprint density at radius 2 is 2.00 bits per heavy atom. The van der Waals surface area contributed by atoms with Crippen LogP contribution in [0.3, 0.4) is 0 Å². The quantitative estimate of drug-likeness (QED) is 0.738. The molecule has 1 atom stereocenters. The molecule has 7 heteroatoms. The zero-order chi connectivity index (χ0) is 15.3. The molecule has 0 aliphatic rings. The predicted octanol–water partition coefficient (Wildman–Crippen LogP) is 0.961. The molecule has 7 nitrogen and oxygen atoms in total. The van der Waals surface area contributed by atoms with E-state index in [0.29, 0.717) is 12.1 Å². The first-order valence-corrected chi connectivity index (χ1v) is 6.76. The highest BCUT2D eigenvalue weighted by Crippen LogP contribution is 2.12. The molecule has 0 saturated heterocycles. The fraction of sp³-hybridized carbons (Fsp3) is 0.769. The molecule has 0 saturated carbocycles. The number of nitrogens with zero attached hydrogens (tertiary/aromatic N) is 3. The third-order valence-electron chi connectivity index (χ3n) is 2.65. The highest BCUT2D eigenvalue weighted by Gasteiger charge is 2.21. The molecule has 0 aliphatic heterocycles. The van der Waals surface area contributed by atoms with Crippen molar-refractivity contribution in [1.82, 2.24) is 15.0 Å². The van der Waals surface area contributed by atoms with Gasteiger partial charge in [0.2, 0.25) is 0 Å². The average molecular weight is 285 g/mol. The van der Waals surface area contributed by atoms with Crippen molar-refractivity contribution in [3.63, 3.8) is 0 Å². The van der Waals surface area contributed by atoms with Crippen LogP contribution in [0.25, 0.3) is 0 Å². The van der Waals surface area contributed by atoms with Crippen molar-refractivity contribution in [2.24, 2.45) is 5.92 Å². The van der Waals surface area contributed by atoms with E-state index >= 15 is 0 Å². The van der Waals surface area contributed by atoms with Crippen LogP contribution in [0.5, 0.6) is 0 Å². The number of hydrogen-bond acceptors (Lipinski definition) is 5. The molecular formula is C13H23N3O4. The molecule has 0 spiro atoms. The summed E-state index contributed by atoms with van der Waals surface area (Å²) < 4.78 is 6.78. The van der Waals surface area contributed by atoms with Gasteiger partial charge < -0.3 is 14.9 Å². The van der Waals surface area contributed by atoms with Crippen LogP contribution < -0.4 is 0 Å². The Balaban J connectivity index is 2.80. The molecule has 1 heterocycles. The lowest BCUT2D eigenvalue weighted by molar-refractivity contribution is -0.00256. The van der Waals surface area contributed by atoms with Gasteiger partial charge in [0.15, 0.2) is 5.69 Å². The van der Waals surface area contributed by atoms with Gasteiger partial charge >= 0.3 is 5.97 Å². The second kappa shape index (κ2) is 7.35. The van der Waals surface area contributed by atoms with E-state index < -0.39 is 12.1 Å². The highest BCUT2D eigenvalue weighted by molar-refractivity contribution is 5.86. The fourth-order valence-corrected chi connectivity index (χ4v) is 1.79. The number of aromatic nitrogens is 3. The second-order valence-corrected chi connectivity index (χ2v) is 5.51. The summed E-state index contributed by atoms with van der Waals surface area (Å²) in [5.41, 5.74) is 0.492. The van der Waals surface area contributed by atoms with Gasteiger partial charge in [0.1, 0.15) is 0 Å². The molecule has 1 unspecified atom stereocenters. The summed E-state index contributed by atoms with van der Waals surface area (Å²) >= 11 is 0. The highest BCUT2D eigenvalue weighted by atomic mass is 16.5. The molecule has 0 bridgehead atoms. The molecule has 20 heavy (non-hydrogen) atoms. The average Bonchev–Trinajstić information content (AvgIpc) is 2.69. The Bertz CT molecular complexity index is 443. The summed E-state index contributed by atoms with van der Waals surface area (Å²) in [5.74, 6) is -0.825. The van der Waals surface area contributed by atoms with Crippen LogP contribution in [-0.4, -0.2) is 50.0 Å². The van der Waals surface area contributed by atoms with E-state index in [4.69, 9.17) is 9.84 Å². The van der Waals surface area contributed by atoms with Gasteiger partial charge in [-0.1, -0.05) is 19.1 Å². The van der Waals surface area contributed by atoms with Crippen LogP contribution in [0, 0.1) is 5.92 Å². The summed E-state index contributed by atoms with van der Waals surface area (Å²) in [5, 5.41) is 26.5. The molecule has 0 aliphatic carbocycles. The maximum absolute atomic E-state index is 11.1. The van der Waals surface area contributed by atoms with E-state index in [1.807, 2.05) is 27.7 Å². The van der Waals surface area contributed by atoms with Gasteiger partial charge in [-0.15, -0.1) is 5.10 Å². The molecule has 0 aromatic carbocycles. The number of aromatic carboxylic acids is 1. The van der Waals surface area contributed by atoms with Crippen molar-refractivity contribution in [3.05, 3.63) is 11.4 Å². The van der Waals surface area contributed by atoms with Crippen LogP contribution in [0.15, 0.2) is 0 Å². The molecule has 0 amide bonds. The van der Waals surface area contributed by atoms with Crippen molar-refractivity contribution in [3.8, 4) is 0 Å². The van der Waals surface area contributed by atoms with Gasteiger partial charge in [-0.2, -0.15) is 0 Å². The first-order valence-electron chi connectivity index (χ1n) is 6.76. The van der Waals surface area contributed by atoms with Crippen LogP contribution >= 0.6 is 0 Å². The summed E-state index contributed by atoms with van der Waals surface area (Å²) in [7, 11) is 0. The topological polar surface area (TPSA) is 97.5 Å². The van der Waals surface area contributed by atoms with E-state index in [2.05, 4.69) is 10.3 Å². The Hall–Kier alpha value is -1.47. The zero-order valence-electron chi connectivity index (χ0n) is 12.4. The minimum Gasteiger partial charge on any atom is -0.476 e. The van der Waals surface area contributed by atoms with Crippen LogP contribution in [0.2, 0.25) is 0 Å². The molecule has 1 rings (SSSR count). The molecular weight excluding hydrogens is 262 g/mol. The summed E-state index contributed by atoms with van der Waals surface area (Å²) in [4.78, 5) is 11.1. The number of hydrogen-bond donors (Lipinski definition) is 2. The Labute approximate surface area is 118 Å². The van der Waals surface area contributed by atoms with E-state index in [0.717, 1.165) is 0 Å². The van der Waals surface area contributed by atoms with Gasteiger partial charge in [0.05, 0.1) is 31.1 Å². The lowest BCUT2D eigenvalue weighted by Crippen LogP contribution is -2.26. The van der Waals surface area contributed by atoms with Gasteiger partial charge in [0.25, 0.3) is 0 Å². The maximum atomic E-state index is 11.1. The SMILES string of the molecule is CC(C)Cc1c(C(=O)O)nnn1CC(O)COC(C)C. The Morgan fingerprint density at radius 3 is 2.50 bits per heavy atom. The molecule has 1 aromatic rings. The van der Waals surface area contributed by atoms with Gasteiger partial charge in [0, 0.05) is 0 Å². The first kappa shape index (κ1) is 16.6. The van der Waals surface area contributed by atoms with Gasteiger partial charge in [-0.25, -0.2) is 9.48 Å². The summed E-state index contributed by atoms with van der Waals surface area (Å²) in [6, 6.07) is 0. The number of ether oxygens (including phenoxy) is 1. The number of carboxylic acids is 1. The third-order valence-corrected chi connectivity index (χ3v) is 2.65. The lowest BCUT2D eigenvalue weighted by Gasteiger charge is -2.15. The second-order valence-electron chi connectivity index (χ2n) is 5.51. The third kappa shape index (κ3) is 4.90. The molecule has 0 fully saturated rings. The van der Waals surface area contributed by atoms with Crippen molar-refractivity contribution in [1.29, 1.82) is 0 Å². The largest absolute Gasteiger partial charge is 0.476 e. The molecule has 1 aromatic heterocycles. The maximum Gasteiger partial charge on any atom is 0.358 e. The van der Waals surface area contributed by atoms with E-state index in [-0.39, 0.29) is 30.9 Å². The van der Waals surface area contributed by atoms with Crippen LogP contribution in [0.4, 0.5) is 0 Å². The molecule has 0 radical (unpaired) electrons. The number of carbonyl (C=O) groups is 1. The fourth-order valence-electron chi connectivity index (χ4n) is 1.79.